The molecule has 0 fully saturated rings. The Bertz CT molecular complexity index is 24.4. The summed E-state index contributed by atoms with van der Waals surface area (Å²) in [5.41, 5.74) is 4.25. The Morgan fingerprint density at radius 3 is 1.50 bits per heavy atom. The van der Waals surface area contributed by atoms with Gasteiger partial charge < -0.3 is 11.1 Å². The van der Waals surface area contributed by atoms with Gasteiger partial charge in [0.15, 0.2) is 0 Å². The first-order valence-corrected chi connectivity index (χ1v) is 2.21. The minimum absolute atomic E-state index is 0. The largest absolute Gasteiger partial charge is 2.00 e. The minimum Gasteiger partial charge on any atom is -0.486 e. The number of hydrogen-bond acceptors (Lipinski definition) is 2. The van der Waals surface area contributed by atoms with Gasteiger partial charge in [-0.25, -0.2) is 0 Å². The third kappa shape index (κ3) is 31.4. The van der Waals surface area contributed by atoms with Crippen molar-refractivity contribution in [2.24, 2.45) is 5.73 Å². The van der Waals surface area contributed by atoms with Crippen LogP contribution >= 0.6 is 0 Å². The Morgan fingerprint density at radius 2 is 1.50 bits per heavy atom. The van der Waals surface area contributed by atoms with Crippen LogP contribution in [0.15, 0.2) is 0 Å². The van der Waals surface area contributed by atoms with E-state index < -0.39 is 0 Å². The minimum atomic E-state index is 0. The van der Waals surface area contributed by atoms with Crippen molar-refractivity contribution in [3.63, 3.8) is 0 Å². The molecule has 2 nitrogen and oxygen atoms in total. The SMILES string of the molecule is [CH2-]N.[CH2-]NC(C)C.[V+2]. The predicted octanol–water partition coefficient (Wildman–Crippen LogP) is 0.510. The Morgan fingerprint density at radius 1 is 1.38 bits per heavy atom. The fourth-order valence-electron chi connectivity index (χ4n) is 0. The topological polar surface area (TPSA) is 38.0 Å². The van der Waals surface area contributed by atoms with Crippen molar-refractivity contribution in [3.05, 3.63) is 14.1 Å². The number of hydrogen-bond donors (Lipinski definition) is 2. The van der Waals surface area contributed by atoms with E-state index in [2.05, 4.69) is 25.1 Å². The number of nitrogens with one attached hydrogen (secondary N) is 1. The van der Waals surface area contributed by atoms with Crippen LogP contribution in [0.4, 0.5) is 0 Å². The van der Waals surface area contributed by atoms with Crippen molar-refractivity contribution < 1.29 is 18.6 Å². The molecule has 3 heteroatoms. The van der Waals surface area contributed by atoms with E-state index in [1.165, 1.54) is 0 Å². The zero-order valence-corrected chi connectivity index (χ0v) is 6.91. The normalized spacial score (nSPS) is 6.75. The van der Waals surface area contributed by atoms with E-state index in [0.717, 1.165) is 0 Å². The quantitative estimate of drug-likeness (QED) is 0.538. The van der Waals surface area contributed by atoms with Crippen LogP contribution in [0.5, 0.6) is 0 Å². The van der Waals surface area contributed by atoms with Gasteiger partial charge in [0.1, 0.15) is 0 Å². The zero-order valence-electron chi connectivity index (χ0n) is 5.52. The van der Waals surface area contributed by atoms with Crippen molar-refractivity contribution in [1.82, 2.24) is 5.32 Å². The monoisotopic (exact) mass is 153 g/mol. The van der Waals surface area contributed by atoms with Crippen molar-refractivity contribution in [2.45, 2.75) is 19.9 Å². The predicted molar refractivity (Wildman–Crippen MR) is 33.2 cm³/mol. The molecule has 8 heavy (non-hydrogen) atoms. The molecule has 0 aliphatic rings. The van der Waals surface area contributed by atoms with Crippen molar-refractivity contribution in [3.8, 4) is 0 Å². The second kappa shape index (κ2) is 15.6. The van der Waals surface area contributed by atoms with Crippen LogP contribution < -0.4 is 11.1 Å². The molecule has 0 spiro atoms. The van der Waals surface area contributed by atoms with Gasteiger partial charge in [0.2, 0.25) is 0 Å². The molecule has 0 bridgehead atoms. The maximum Gasteiger partial charge on any atom is 2.00 e. The average Bonchev–Trinajstić information content (AvgIpc) is 1.73. The Balaban J connectivity index is -0.0000000750. The molecule has 3 N–H and O–H groups in total. The van der Waals surface area contributed by atoms with Crippen LogP contribution in [-0.4, -0.2) is 6.04 Å². The molecular formula is C5H14N2V. The summed E-state index contributed by atoms with van der Waals surface area (Å²) in [6.07, 6.45) is 0. The molecular weight excluding hydrogens is 139 g/mol. The average molecular weight is 153 g/mol. The van der Waals surface area contributed by atoms with E-state index in [1.54, 1.807) is 0 Å². The first-order valence-electron chi connectivity index (χ1n) is 2.21. The summed E-state index contributed by atoms with van der Waals surface area (Å²) in [6, 6.07) is 0.523. The van der Waals surface area contributed by atoms with E-state index in [-0.39, 0.29) is 18.6 Å². The molecule has 0 aromatic carbocycles. The maximum absolute atomic E-state index is 4.25. The van der Waals surface area contributed by atoms with Crippen LogP contribution in [0, 0.1) is 14.1 Å². The number of rotatable bonds is 1. The summed E-state index contributed by atoms with van der Waals surface area (Å²) >= 11 is 0. The first-order chi connectivity index (χ1) is 3.27. The summed E-state index contributed by atoms with van der Waals surface area (Å²) in [6.45, 7) is 4.10. The fourth-order valence-corrected chi connectivity index (χ4v) is 0. The molecule has 0 aromatic heterocycles. The van der Waals surface area contributed by atoms with Crippen LogP contribution in [0.1, 0.15) is 13.8 Å². The fraction of sp³-hybridized carbons (Fsp3) is 0.600. The van der Waals surface area contributed by atoms with Gasteiger partial charge in [0.25, 0.3) is 0 Å². The summed E-state index contributed by atoms with van der Waals surface area (Å²) in [5.74, 6) is 0. The van der Waals surface area contributed by atoms with E-state index in [1.807, 2.05) is 13.8 Å². The summed E-state index contributed by atoms with van der Waals surface area (Å²) in [7, 11) is 6.19. The molecule has 1 radical (unpaired) electrons. The molecule has 0 aliphatic carbocycles. The van der Waals surface area contributed by atoms with E-state index >= 15 is 0 Å². The summed E-state index contributed by atoms with van der Waals surface area (Å²) in [5, 5.41) is 2.78. The van der Waals surface area contributed by atoms with Gasteiger partial charge in [-0.15, -0.1) is 0 Å². The summed E-state index contributed by atoms with van der Waals surface area (Å²) in [4.78, 5) is 0. The first kappa shape index (κ1) is 15.8. The van der Waals surface area contributed by atoms with E-state index in [9.17, 15) is 0 Å². The number of nitrogens with two attached hydrogens (primary N) is 1. The molecule has 0 amide bonds. The standard InChI is InChI=1S/C4H10N.CH4N.V/c1-4(2)5-3;1-2;/h4-5H,3H2,1-2H3;1-2H2;/q2*-1;+2. The maximum atomic E-state index is 4.25. The second-order valence-electron chi connectivity index (χ2n) is 1.36. The van der Waals surface area contributed by atoms with Gasteiger partial charge in [-0.2, -0.15) is 0 Å². The molecule has 0 aliphatic heterocycles. The molecule has 0 saturated heterocycles. The Hall–Kier alpha value is 0.504. The third-order valence-electron chi connectivity index (χ3n) is 0.408. The van der Waals surface area contributed by atoms with Gasteiger partial charge in [-0.05, 0) is 6.04 Å². The van der Waals surface area contributed by atoms with Crippen molar-refractivity contribution >= 4 is 0 Å². The van der Waals surface area contributed by atoms with E-state index in [4.69, 9.17) is 0 Å². The van der Waals surface area contributed by atoms with Crippen molar-refractivity contribution in [1.29, 1.82) is 0 Å². The molecule has 0 heterocycles. The van der Waals surface area contributed by atoms with Crippen LogP contribution in [-0.2, 0) is 18.6 Å². The summed E-state index contributed by atoms with van der Waals surface area (Å²) < 4.78 is 0. The Kier molecular flexibility index (Phi) is 30.9. The van der Waals surface area contributed by atoms with Gasteiger partial charge in [0.05, 0.1) is 0 Å². The smallest absolute Gasteiger partial charge is 0.486 e. The van der Waals surface area contributed by atoms with Crippen LogP contribution in [0.2, 0.25) is 0 Å². The van der Waals surface area contributed by atoms with Gasteiger partial charge in [-0.3, -0.25) is 14.1 Å². The van der Waals surface area contributed by atoms with Crippen LogP contribution in [0.25, 0.3) is 0 Å². The molecule has 0 unspecified atom stereocenters. The molecule has 0 atom stereocenters. The van der Waals surface area contributed by atoms with Crippen LogP contribution in [0.3, 0.4) is 0 Å². The van der Waals surface area contributed by atoms with Gasteiger partial charge >= 0.3 is 18.6 Å². The third-order valence-corrected chi connectivity index (χ3v) is 0.408. The van der Waals surface area contributed by atoms with Gasteiger partial charge in [0, 0.05) is 0 Å². The Labute approximate surface area is 64.1 Å². The zero-order chi connectivity index (χ0) is 6.28. The molecule has 0 aromatic rings. The molecule has 0 rings (SSSR count). The van der Waals surface area contributed by atoms with Crippen molar-refractivity contribution in [2.75, 3.05) is 0 Å². The molecule has 0 saturated carbocycles. The molecule has 49 valence electrons. The van der Waals surface area contributed by atoms with Gasteiger partial charge in [-0.1, -0.05) is 13.8 Å². The second-order valence-corrected chi connectivity index (χ2v) is 1.36. The van der Waals surface area contributed by atoms with E-state index in [0.29, 0.717) is 6.04 Å².